The lowest BCUT2D eigenvalue weighted by molar-refractivity contribution is 0.0812. The first kappa shape index (κ1) is 19.4. The van der Waals surface area contributed by atoms with Crippen LogP contribution >= 0.6 is 0 Å². The van der Waals surface area contributed by atoms with E-state index in [1.165, 1.54) is 4.90 Å². The summed E-state index contributed by atoms with van der Waals surface area (Å²) in [4.78, 5) is 31.0. The van der Waals surface area contributed by atoms with E-state index in [1.807, 2.05) is 22.8 Å². The van der Waals surface area contributed by atoms with Gasteiger partial charge in [-0.05, 0) is 25.2 Å². The maximum absolute atomic E-state index is 12.9. The number of benzene rings is 1. The second kappa shape index (κ2) is 8.10. The second-order valence-electron chi connectivity index (χ2n) is 7.26. The molecule has 3 rings (SSSR count). The number of fused-ring (bicyclic) bond motifs is 1. The maximum Gasteiger partial charge on any atom is 0.270 e. The van der Waals surface area contributed by atoms with Crippen LogP contribution in [0.15, 0.2) is 18.2 Å². The summed E-state index contributed by atoms with van der Waals surface area (Å²) in [5, 5.41) is 0.757. The molecule has 0 saturated carbocycles. The molecular formula is C20H28N4O3. The molecule has 27 heavy (non-hydrogen) atoms. The van der Waals surface area contributed by atoms with Crippen LogP contribution < -0.4 is 4.74 Å². The summed E-state index contributed by atoms with van der Waals surface area (Å²) >= 11 is 0. The molecule has 2 heterocycles. The van der Waals surface area contributed by atoms with E-state index in [0.717, 1.165) is 49.9 Å². The molecule has 0 N–H and O–H groups in total. The van der Waals surface area contributed by atoms with Crippen LogP contribution in [0.25, 0.3) is 10.9 Å². The Bertz CT molecular complexity index is 835. The number of piperazine rings is 1. The van der Waals surface area contributed by atoms with E-state index in [4.69, 9.17) is 4.74 Å². The van der Waals surface area contributed by atoms with Gasteiger partial charge in [0, 0.05) is 64.3 Å². The fourth-order valence-electron chi connectivity index (χ4n) is 3.59. The van der Waals surface area contributed by atoms with E-state index in [1.54, 1.807) is 21.2 Å². The Morgan fingerprint density at radius 1 is 1.19 bits per heavy atom. The van der Waals surface area contributed by atoms with Crippen molar-refractivity contribution in [1.82, 2.24) is 19.3 Å². The predicted octanol–water partition coefficient (Wildman–Crippen LogP) is 1.41. The van der Waals surface area contributed by atoms with Crippen LogP contribution in [0.5, 0.6) is 5.75 Å². The number of amides is 1. The fourth-order valence-corrected chi connectivity index (χ4v) is 3.59. The Morgan fingerprint density at radius 3 is 2.48 bits per heavy atom. The average molecular weight is 372 g/mol. The van der Waals surface area contributed by atoms with Gasteiger partial charge in [0.2, 0.25) is 0 Å². The maximum atomic E-state index is 12.9. The summed E-state index contributed by atoms with van der Waals surface area (Å²) in [5.41, 5.74) is 1.77. The normalized spacial score (nSPS) is 15.9. The Hall–Kier alpha value is -2.38. The van der Waals surface area contributed by atoms with Gasteiger partial charge in [-0.3, -0.25) is 14.5 Å². The quantitative estimate of drug-likeness (QED) is 0.718. The number of likely N-dealkylation sites (N-methyl/N-ethyl adjacent to an activating group) is 1. The van der Waals surface area contributed by atoms with Gasteiger partial charge in [0.1, 0.15) is 11.4 Å². The summed E-state index contributed by atoms with van der Waals surface area (Å²) in [6.45, 7) is 5.63. The molecule has 0 aliphatic carbocycles. The number of methoxy groups -OCH3 is 1. The first-order valence-electron chi connectivity index (χ1n) is 9.24. The monoisotopic (exact) mass is 372 g/mol. The minimum atomic E-state index is -0.161. The molecule has 2 aromatic rings. The first-order valence-corrected chi connectivity index (χ1v) is 9.24. The van der Waals surface area contributed by atoms with E-state index in [9.17, 15) is 9.59 Å². The third kappa shape index (κ3) is 3.84. The number of nitrogens with zero attached hydrogens (tertiary/aromatic N) is 4. The zero-order valence-corrected chi connectivity index (χ0v) is 16.6. The van der Waals surface area contributed by atoms with Gasteiger partial charge in [-0.15, -0.1) is 0 Å². The molecule has 1 aliphatic rings. The molecule has 1 aromatic carbocycles. The van der Waals surface area contributed by atoms with Crippen molar-refractivity contribution >= 4 is 23.1 Å². The van der Waals surface area contributed by atoms with Gasteiger partial charge in [-0.1, -0.05) is 0 Å². The number of aromatic nitrogens is 1. The summed E-state index contributed by atoms with van der Waals surface area (Å²) in [7, 11) is 7.15. The number of carbonyl (C=O) groups is 2. The van der Waals surface area contributed by atoms with Crippen molar-refractivity contribution in [1.29, 1.82) is 0 Å². The van der Waals surface area contributed by atoms with Gasteiger partial charge in [0.25, 0.3) is 5.91 Å². The van der Waals surface area contributed by atoms with Crippen molar-refractivity contribution in [2.45, 2.75) is 6.54 Å². The number of rotatable bonds is 6. The number of hydrogen-bond acceptors (Lipinski definition) is 5. The summed E-state index contributed by atoms with van der Waals surface area (Å²) in [6, 6.07) is 5.63. The van der Waals surface area contributed by atoms with Crippen LogP contribution in [0.2, 0.25) is 0 Å². The van der Waals surface area contributed by atoms with Gasteiger partial charge < -0.3 is 19.1 Å². The van der Waals surface area contributed by atoms with Gasteiger partial charge in [0.15, 0.2) is 6.29 Å². The molecule has 1 aromatic heterocycles. The van der Waals surface area contributed by atoms with Crippen molar-refractivity contribution in [3.63, 3.8) is 0 Å². The minimum absolute atomic E-state index is 0.161. The van der Waals surface area contributed by atoms with Gasteiger partial charge in [-0.2, -0.15) is 0 Å². The van der Waals surface area contributed by atoms with Crippen molar-refractivity contribution < 1.29 is 14.3 Å². The number of aldehydes is 1. The lowest BCUT2D eigenvalue weighted by atomic mass is 10.1. The molecule has 1 saturated heterocycles. The van der Waals surface area contributed by atoms with E-state index < -0.39 is 0 Å². The van der Waals surface area contributed by atoms with E-state index >= 15 is 0 Å². The Kier molecular flexibility index (Phi) is 5.82. The number of ether oxygens (including phenoxy) is 1. The molecule has 0 bridgehead atoms. The van der Waals surface area contributed by atoms with Crippen LogP contribution in [0, 0.1) is 0 Å². The summed E-state index contributed by atoms with van der Waals surface area (Å²) in [5.74, 6) is 0.510. The molecule has 0 spiro atoms. The van der Waals surface area contributed by atoms with Crippen molar-refractivity contribution in [3.8, 4) is 5.75 Å². The standard InChI is InChI=1S/C20H28N4O3/c1-21(2)20(26)19-17(14-25)16-13-15(27-4)5-6-18(16)24(19)12-11-23-9-7-22(3)8-10-23/h5-6,13-14H,7-12H2,1-4H3. The largest absolute Gasteiger partial charge is 0.497 e. The van der Waals surface area contributed by atoms with Gasteiger partial charge >= 0.3 is 0 Å². The summed E-state index contributed by atoms with van der Waals surface area (Å²) < 4.78 is 7.30. The molecule has 0 unspecified atom stereocenters. The zero-order chi connectivity index (χ0) is 19.6. The molecule has 0 atom stereocenters. The lowest BCUT2D eigenvalue weighted by Gasteiger charge is -2.32. The van der Waals surface area contributed by atoms with E-state index in [0.29, 0.717) is 23.6 Å². The SMILES string of the molecule is COc1ccc2c(c1)c(C=O)c(C(=O)N(C)C)n2CCN1CCN(C)CC1. The van der Waals surface area contributed by atoms with Crippen LogP contribution in [-0.4, -0.2) is 92.4 Å². The first-order chi connectivity index (χ1) is 13.0. The van der Waals surface area contributed by atoms with E-state index in [-0.39, 0.29) is 5.91 Å². The number of hydrogen-bond donors (Lipinski definition) is 0. The Balaban J connectivity index is 2.01. The average Bonchev–Trinajstić information content (AvgIpc) is 2.99. The molecule has 7 heteroatoms. The molecule has 1 amide bonds. The topological polar surface area (TPSA) is 58.0 Å². The fraction of sp³-hybridized carbons (Fsp3) is 0.500. The zero-order valence-electron chi connectivity index (χ0n) is 16.6. The molecule has 7 nitrogen and oxygen atoms in total. The highest BCUT2D eigenvalue weighted by Gasteiger charge is 2.25. The summed E-state index contributed by atoms with van der Waals surface area (Å²) in [6.07, 6.45) is 0.783. The smallest absolute Gasteiger partial charge is 0.270 e. The third-order valence-electron chi connectivity index (χ3n) is 5.27. The Labute approximate surface area is 160 Å². The molecule has 1 fully saturated rings. The lowest BCUT2D eigenvalue weighted by Crippen LogP contribution is -2.45. The highest BCUT2D eigenvalue weighted by molar-refractivity contribution is 6.10. The van der Waals surface area contributed by atoms with Crippen LogP contribution in [-0.2, 0) is 6.54 Å². The van der Waals surface area contributed by atoms with Gasteiger partial charge in [0.05, 0.1) is 12.7 Å². The van der Waals surface area contributed by atoms with Crippen LogP contribution in [0.3, 0.4) is 0 Å². The van der Waals surface area contributed by atoms with Crippen molar-refractivity contribution in [3.05, 3.63) is 29.5 Å². The van der Waals surface area contributed by atoms with Crippen LogP contribution in [0.1, 0.15) is 20.8 Å². The molecule has 146 valence electrons. The Morgan fingerprint density at radius 2 is 1.89 bits per heavy atom. The molecule has 1 aliphatic heterocycles. The highest BCUT2D eigenvalue weighted by Crippen LogP contribution is 2.29. The van der Waals surface area contributed by atoms with Crippen LogP contribution in [0.4, 0.5) is 0 Å². The highest BCUT2D eigenvalue weighted by atomic mass is 16.5. The van der Waals surface area contributed by atoms with E-state index in [2.05, 4.69) is 16.8 Å². The minimum Gasteiger partial charge on any atom is -0.497 e. The van der Waals surface area contributed by atoms with Crippen molar-refractivity contribution in [2.24, 2.45) is 0 Å². The van der Waals surface area contributed by atoms with Gasteiger partial charge in [-0.25, -0.2) is 0 Å². The second-order valence-corrected chi connectivity index (χ2v) is 7.26. The predicted molar refractivity (Wildman–Crippen MR) is 106 cm³/mol. The number of carbonyl (C=O) groups excluding carboxylic acids is 2. The molecular weight excluding hydrogens is 344 g/mol. The molecule has 0 radical (unpaired) electrons. The third-order valence-corrected chi connectivity index (χ3v) is 5.27. The van der Waals surface area contributed by atoms with Crippen molar-refractivity contribution in [2.75, 3.05) is 61.0 Å².